The van der Waals surface area contributed by atoms with Crippen LogP contribution in [-0.2, 0) is 9.47 Å². The molecule has 1 saturated heterocycles. The number of hydrogen-bond acceptors (Lipinski definition) is 5. The summed E-state index contributed by atoms with van der Waals surface area (Å²) in [6, 6.07) is 8.59. The first-order valence-corrected chi connectivity index (χ1v) is 8.75. The fourth-order valence-electron chi connectivity index (χ4n) is 3.20. The second-order valence-corrected chi connectivity index (χ2v) is 6.74. The molecule has 0 amide bonds. The standard InChI is InChI=1S/C20H25FN2O3/c1-13(2)16-6-5-14(9-17(16)21)26-15-7-8-22-20(10-15)23-11-18(24-3)19(12-23)25-4/h5-10,13,18-19H,11-12H2,1-4H3. The van der Waals surface area contributed by atoms with E-state index in [1.165, 1.54) is 6.07 Å². The Morgan fingerprint density at radius 2 is 1.69 bits per heavy atom. The number of hydrogen-bond donors (Lipinski definition) is 0. The number of anilines is 1. The van der Waals surface area contributed by atoms with Crippen molar-refractivity contribution in [3.8, 4) is 11.5 Å². The number of benzene rings is 1. The quantitative estimate of drug-likeness (QED) is 0.779. The molecule has 5 nitrogen and oxygen atoms in total. The number of nitrogens with zero attached hydrogens (tertiary/aromatic N) is 2. The fraction of sp³-hybridized carbons (Fsp3) is 0.450. The number of methoxy groups -OCH3 is 2. The minimum atomic E-state index is -0.253. The SMILES string of the molecule is COC1CN(c2cc(Oc3ccc(C(C)C)c(F)c3)ccn2)CC1OC. The van der Waals surface area contributed by atoms with Gasteiger partial charge in [0.1, 0.15) is 35.3 Å². The van der Waals surface area contributed by atoms with Crippen LogP contribution in [-0.4, -0.2) is 44.5 Å². The number of ether oxygens (including phenoxy) is 3. The van der Waals surface area contributed by atoms with Gasteiger partial charge < -0.3 is 19.1 Å². The van der Waals surface area contributed by atoms with Gasteiger partial charge in [0.2, 0.25) is 0 Å². The average Bonchev–Trinajstić information content (AvgIpc) is 3.05. The normalized spacial score (nSPS) is 20.0. The van der Waals surface area contributed by atoms with Gasteiger partial charge in [-0.2, -0.15) is 0 Å². The average molecular weight is 360 g/mol. The Kier molecular flexibility index (Phi) is 5.74. The van der Waals surface area contributed by atoms with Gasteiger partial charge in [0.15, 0.2) is 0 Å². The molecule has 140 valence electrons. The van der Waals surface area contributed by atoms with Crippen molar-refractivity contribution >= 4 is 5.82 Å². The van der Waals surface area contributed by atoms with Crippen molar-refractivity contribution in [2.45, 2.75) is 32.0 Å². The van der Waals surface area contributed by atoms with E-state index in [2.05, 4.69) is 9.88 Å². The van der Waals surface area contributed by atoms with Gasteiger partial charge in [-0.15, -0.1) is 0 Å². The summed E-state index contributed by atoms with van der Waals surface area (Å²) in [5, 5.41) is 0. The van der Waals surface area contributed by atoms with Gasteiger partial charge in [-0.25, -0.2) is 9.37 Å². The highest BCUT2D eigenvalue weighted by Crippen LogP contribution is 2.29. The number of rotatable bonds is 6. The van der Waals surface area contributed by atoms with E-state index in [4.69, 9.17) is 14.2 Å². The van der Waals surface area contributed by atoms with Crippen LogP contribution < -0.4 is 9.64 Å². The minimum Gasteiger partial charge on any atom is -0.457 e. The van der Waals surface area contributed by atoms with Crippen LogP contribution in [0.25, 0.3) is 0 Å². The molecule has 0 spiro atoms. The van der Waals surface area contributed by atoms with E-state index in [-0.39, 0.29) is 23.9 Å². The second-order valence-electron chi connectivity index (χ2n) is 6.74. The van der Waals surface area contributed by atoms with E-state index < -0.39 is 0 Å². The van der Waals surface area contributed by atoms with E-state index in [0.717, 1.165) is 5.82 Å². The Labute approximate surface area is 153 Å². The summed E-state index contributed by atoms with van der Waals surface area (Å²) in [6.07, 6.45) is 1.69. The molecule has 2 aromatic rings. The molecule has 2 atom stereocenters. The van der Waals surface area contributed by atoms with Crippen molar-refractivity contribution in [3.63, 3.8) is 0 Å². The molecule has 1 aromatic carbocycles. The van der Waals surface area contributed by atoms with Gasteiger partial charge >= 0.3 is 0 Å². The molecule has 0 radical (unpaired) electrons. The highest BCUT2D eigenvalue weighted by atomic mass is 19.1. The highest BCUT2D eigenvalue weighted by molar-refractivity contribution is 5.46. The zero-order valence-electron chi connectivity index (χ0n) is 15.6. The zero-order chi connectivity index (χ0) is 18.7. The summed E-state index contributed by atoms with van der Waals surface area (Å²) in [5.41, 5.74) is 0.682. The molecule has 0 aliphatic carbocycles. The summed E-state index contributed by atoms with van der Waals surface area (Å²) in [6.45, 7) is 5.32. The summed E-state index contributed by atoms with van der Waals surface area (Å²) in [4.78, 5) is 6.51. The molecular formula is C20H25FN2O3. The lowest BCUT2D eigenvalue weighted by atomic mass is 10.0. The van der Waals surface area contributed by atoms with Gasteiger partial charge in [-0.1, -0.05) is 19.9 Å². The van der Waals surface area contributed by atoms with Crippen molar-refractivity contribution < 1.29 is 18.6 Å². The smallest absolute Gasteiger partial charge is 0.132 e. The van der Waals surface area contributed by atoms with Gasteiger partial charge in [-0.05, 0) is 23.6 Å². The van der Waals surface area contributed by atoms with Crippen LogP contribution >= 0.6 is 0 Å². The Hall–Kier alpha value is -2.18. The van der Waals surface area contributed by atoms with Crippen molar-refractivity contribution in [1.29, 1.82) is 0 Å². The third kappa shape index (κ3) is 3.97. The van der Waals surface area contributed by atoms with Crippen LogP contribution in [0, 0.1) is 5.82 Å². The van der Waals surface area contributed by atoms with E-state index in [1.54, 1.807) is 38.6 Å². The monoisotopic (exact) mass is 360 g/mol. The molecule has 1 aromatic heterocycles. The first-order chi connectivity index (χ1) is 12.5. The number of pyridine rings is 1. The van der Waals surface area contributed by atoms with Gasteiger partial charge in [0, 0.05) is 45.6 Å². The lowest BCUT2D eigenvalue weighted by Gasteiger charge is -2.17. The van der Waals surface area contributed by atoms with Crippen molar-refractivity contribution in [1.82, 2.24) is 4.98 Å². The third-order valence-corrected chi connectivity index (χ3v) is 4.69. The van der Waals surface area contributed by atoms with Gasteiger partial charge in [-0.3, -0.25) is 0 Å². The Bertz CT molecular complexity index is 742. The Balaban J connectivity index is 1.75. The second kappa shape index (κ2) is 8.01. The predicted molar refractivity (Wildman–Crippen MR) is 98.6 cm³/mol. The van der Waals surface area contributed by atoms with Gasteiger partial charge in [0.05, 0.1) is 0 Å². The highest BCUT2D eigenvalue weighted by Gasteiger charge is 2.33. The molecule has 6 heteroatoms. The maximum Gasteiger partial charge on any atom is 0.132 e. The molecule has 1 aliphatic rings. The van der Waals surface area contributed by atoms with Crippen LogP contribution in [0.4, 0.5) is 10.2 Å². The molecule has 2 unspecified atom stereocenters. The first kappa shape index (κ1) is 18.6. The van der Waals surface area contributed by atoms with Crippen LogP contribution in [0.15, 0.2) is 36.5 Å². The van der Waals surface area contributed by atoms with Crippen molar-refractivity contribution in [3.05, 3.63) is 47.9 Å². The maximum atomic E-state index is 14.2. The van der Waals surface area contributed by atoms with E-state index in [1.807, 2.05) is 19.9 Å². The lowest BCUT2D eigenvalue weighted by Crippen LogP contribution is -2.27. The van der Waals surface area contributed by atoms with E-state index >= 15 is 0 Å². The number of aromatic nitrogens is 1. The Morgan fingerprint density at radius 3 is 2.27 bits per heavy atom. The van der Waals surface area contributed by atoms with Crippen molar-refractivity contribution in [2.24, 2.45) is 0 Å². The Morgan fingerprint density at radius 1 is 1.04 bits per heavy atom. The third-order valence-electron chi connectivity index (χ3n) is 4.69. The van der Waals surface area contributed by atoms with Crippen molar-refractivity contribution in [2.75, 3.05) is 32.2 Å². The fourth-order valence-corrected chi connectivity index (χ4v) is 3.20. The maximum absolute atomic E-state index is 14.2. The van der Waals surface area contributed by atoms with Crippen LogP contribution in [0.2, 0.25) is 0 Å². The predicted octanol–water partition coefficient (Wildman–Crippen LogP) is 3.99. The summed E-state index contributed by atoms with van der Waals surface area (Å²) >= 11 is 0. The van der Waals surface area contributed by atoms with Gasteiger partial charge in [0.25, 0.3) is 0 Å². The van der Waals surface area contributed by atoms with Crippen LogP contribution in [0.1, 0.15) is 25.3 Å². The lowest BCUT2D eigenvalue weighted by molar-refractivity contribution is -0.00461. The molecule has 1 aliphatic heterocycles. The molecule has 3 rings (SSSR count). The zero-order valence-corrected chi connectivity index (χ0v) is 15.6. The number of halogens is 1. The topological polar surface area (TPSA) is 43.8 Å². The van der Waals surface area contributed by atoms with E-state index in [0.29, 0.717) is 30.2 Å². The first-order valence-electron chi connectivity index (χ1n) is 8.75. The largest absolute Gasteiger partial charge is 0.457 e. The molecule has 26 heavy (non-hydrogen) atoms. The molecular weight excluding hydrogens is 335 g/mol. The molecule has 1 fully saturated rings. The summed E-state index contributed by atoms with van der Waals surface area (Å²) < 4.78 is 30.9. The summed E-state index contributed by atoms with van der Waals surface area (Å²) in [7, 11) is 3.37. The molecule has 2 heterocycles. The minimum absolute atomic E-state index is 0.00375. The summed E-state index contributed by atoms with van der Waals surface area (Å²) in [5.74, 6) is 1.74. The van der Waals surface area contributed by atoms with Crippen LogP contribution in [0.5, 0.6) is 11.5 Å². The van der Waals surface area contributed by atoms with Crippen LogP contribution in [0.3, 0.4) is 0 Å². The molecule has 0 bridgehead atoms. The van der Waals surface area contributed by atoms with E-state index in [9.17, 15) is 4.39 Å². The molecule has 0 N–H and O–H groups in total. The molecule has 0 saturated carbocycles.